The van der Waals surface area contributed by atoms with Crippen LogP contribution in [-0.4, -0.2) is 4.57 Å². The molecule has 1 aromatic heterocycles. The first-order valence-electron chi connectivity index (χ1n) is 17.7. The van der Waals surface area contributed by atoms with Crippen LogP contribution in [0.4, 0.5) is 0 Å². The Morgan fingerprint density at radius 2 is 0.833 bits per heavy atom. The predicted molar refractivity (Wildman–Crippen MR) is 211 cm³/mol. The Morgan fingerprint density at radius 3 is 1.29 bits per heavy atom. The average molecular weight is 634 g/mol. The maximum absolute atomic E-state index is 2.47. The maximum Gasteiger partial charge on any atom is 0.0547 e. The SMILES string of the molecule is Cc1c(-c2cc(C(C)(C)C)cc(C(C)(C)C)c2)ccc2c1c1c(-c3cc(C(C)(C)C)cc(C(C)(C)C)c3)cccc1n2-c1ccccc1. The predicted octanol–water partition coefficient (Wildman–Crippen LogP) is 13.6. The van der Waals surface area contributed by atoms with Crippen LogP contribution in [0.25, 0.3) is 49.7 Å². The second kappa shape index (κ2) is 11.5. The van der Waals surface area contributed by atoms with Gasteiger partial charge in [-0.3, -0.25) is 0 Å². The summed E-state index contributed by atoms with van der Waals surface area (Å²) in [5.74, 6) is 0. The number of rotatable bonds is 3. The molecule has 0 aliphatic heterocycles. The molecule has 1 heterocycles. The first-order chi connectivity index (χ1) is 22.2. The minimum atomic E-state index is 0.0356. The van der Waals surface area contributed by atoms with Crippen LogP contribution < -0.4 is 0 Å². The van der Waals surface area contributed by atoms with Crippen molar-refractivity contribution in [3.05, 3.63) is 125 Å². The van der Waals surface area contributed by atoms with Gasteiger partial charge in [0, 0.05) is 16.5 Å². The Balaban J connectivity index is 1.76. The molecule has 5 aromatic carbocycles. The summed E-state index contributed by atoms with van der Waals surface area (Å²) in [4.78, 5) is 0. The molecule has 0 spiro atoms. The molecule has 0 radical (unpaired) electrons. The molecular weight excluding hydrogens is 579 g/mol. The van der Waals surface area contributed by atoms with Crippen LogP contribution in [0, 0.1) is 6.92 Å². The summed E-state index contributed by atoms with van der Waals surface area (Å²) in [6, 6.07) is 37.1. The third-order valence-electron chi connectivity index (χ3n) is 10.2. The number of hydrogen-bond acceptors (Lipinski definition) is 0. The van der Waals surface area contributed by atoms with Gasteiger partial charge in [0.2, 0.25) is 0 Å². The van der Waals surface area contributed by atoms with E-state index >= 15 is 0 Å². The van der Waals surface area contributed by atoms with Crippen molar-refractivity contribution in [2.75, 3.05) is 0 Å². The summed E-state index contributed by atoms with van der Waals surface area (Å²) in [6.45, 7) is 30.3. The molecule has 0 unspecified atom stereocenters. The third-order valence-corrected chi connectivity index (χ3v) is 10.2. The molecule has 0 saturated heterocycles. The largest absolute Gasteiger partial charge is 0.309 e. The van der Waals surface area contributed by atoms with Gasteiger partial charge in [0.1, 0.15) is 0 Å². The first-order valence-corrected chi connectivity index (χ1v) is 17.7. The van der Waals surface area contributed by atoms with Crippen LogP contribution >= 0.6 is 0 Å². The van der Waals surface area contributed by atoms with Crippen molar-refractivity contribution < 1.29 is 0 Å². The highest BCUT2D eigenvalue weighted by Crippen LogP contribution is 2.45. The zero-order chi connectivity index (χ0) is 35.0. The molecule has 6 rings (SSSR count). The summed E-state index contributed by atoms with van der Waals surface area (Å²) in [7, 11) is 0. The number of para-hydroxylation sites is 1. The second-order valence-corrected chi connectivity index (χ2v) is 18.1. The monoisotopic (exact) mass is 633 g/mol. The topological polar surface area (TPSA) is 4.93 Å². The number of fused-ring (bicyclic) bond motifs is 3. The highest BCUT2D eigenvalue weighted by Gasteiger charge is 2.25. The molecule has 1 nitrogen and oxygen atoms in total. The smallest absolute Gasteiger partial charge is 0.0547 e. The Morgan fingerprint density at radius 1 is 0.396 bits per heavy atom. The van der Waals surface area contributed by atoms with Gasteiger partial charge in [0.15, 0.2) is 0 Å². The third kappa shape index (κ3) is 6.13. The van der Waals surface area contributed by atoms with Gasteiger partial charge in [-0.1, -0.05) is 156 Å². The van der Waals surface area contributed by atoms with E-state index in [1.54, 1.807) is 0 Å². The Labute approximate surface area is 290 Å². The molecule has 0 aliphatic rings. The van der Waals surface area contributed by atoms with Crippen molar-refractivity contribution in [1.82, 2.24) is 4.57 Å². The summed E-state index contributed by atoms with van der Waals surface area (Å²) in [5.41, 5.74) is 15.9. The molecule has 0 atom stereocenters. The van der Waals surface area contributed by atoms with E-state index in [0.29, 0.717) is 0 Å². The summed E-state index contributed by atoms with van der Waals surface area (Å²) in [5, 5.41) is 2.66. The normalized spacial score (nSPS) is 13.1. The molecule has 248 valence electrons. The quantitative estimate of drug-likeness (QED) is 0.183. The van der Waals surface area contributed by atoms with Crippen molar-refractivity contribution in [2.24, 2.45) is 0 Å². The van der Waals surface area contributed by atoms with Crippen molar-refractivity contribution >= 4 is 21.8 Å². The van der Waals surface area contributed by atoms with Gasteiger partial charge >= 0.3 is 0 Å². The summed E-state index contributed by atoms with van der Waals surface area (Å²) in [6.07, 6.45) is 0. The van der Waals surface area contributed by atoms with Gasteiger partial charge in [0.05, 0.1) is 11.0 Å². The molecule has 48 heavy (non-hydrogen) atoms. The number of aromatic nitrogens is 1. The van der Waals surface area contributed by atoms with E-state index in [1.165, 1.54) is 77.6 Å². The van der Waals surface area contributed by atoms with Gasteiger partial charge in [-0.25, -0.2) is 0 Å². The fraction of sp³-hybridized carbons (Fsp3) is 0.362. The molecule has 0 saturated carbocycles. The summed E-state index contributed by atoms with van der Waals surface area (Å²) < 4.78 is 2.47. The van der Waals surface area contributed by atoms with Crippen LogP contribution in [-0.2, 0) is 21.7 Å². The van der Waals surface area contributed by atoms with E-state index in [0.717, 1.165) is 0 Å². The van der Waals surface area contributed by atoms with E-state index in [4.69, 9.17) is 0 Å². The lowest BCUT2D eigenvalue weighted by Gasteiger charge is -2.27. The van der Waals surface area contributed by atoms with Crippen molar-refractivity contribution in [1.29, 1.82) is 0 Å². The zero-order valence-corrected chi connectivity index (χ0v) is 31.7. The Kier molecular flexibility index (Phi) is 8.10. The maximum atomic E-state index is 2.47. The van der Waals surface area contributed by atoms with E-state index in [2.05, 4.69) is 192 Å². The minimum Gasteiger partial charge on any atom is -0.309 e. The lowest BCUT2D eigenvalue weighted by Crippen LogP contribution is -2.16. The average Bonchev–Trinajstić information content (AvgIpc) is 3.35. The molecule has 0 amide bonds. The van der Waals surface area contributed by atoms with E-state index in [9.17, 15) is 0 Å². The lowest BCUT2D eigenvalue weighted by atomic mass is 9.78. The number of aryl methyl sites for hydroxylation is 1. The van der Waals surface area contributed by atoms with Crippen LogP contribution in [0.1, 0.15) is 111 Å². The molecule has 0 bridgehead atoms. The van der Waals surface area contributed by atoms with Gasteiger partial charge in [-0.15, -0.1) is 0 Å². The van der Waals surface area contributed by atoms with Gasteiger partial charge in [0.25, 0.3) is 0 Å². The van der Waals surface area contributed by atoms with Gasteiger partial charge in [-0.2, -0.15) is 0 Å². The Hall–Kier alpha value is -4.10. The van der Waals surface area contributed by atoms with Crippen LogP contribution in [0.2, 0.25) is 0 Å². The fourth-order valence-corrected chi connectivity index (χ4v) is 7.03. The summed E-state index contributed by atoms with van der Waals surface area (Å²) >= 11 is 0. The molecule has 0 fully saturated rings. The Bertz CT molecular complexity index is 2080. The van der Waals surface area contributed by atoms with Crippen molar-refractivity contribution in [3.8, 4) is 27.9 Å². The first kappa shape index (κ1) is 33.8. The number of nitrogens with zero attached hydrogens (tertiary/aromatic N) is 1. The number of hydrogen-bond donors (Lipinski definition) is 0. The highest BCUT2D eigenvalue weighted by molar-refractivity contribution is 6.18. The van der Waals surface area contributed by atoms with E-state index < -0.39 is 0 Å². The van der Waals surface area contributed by atoms with Gasteiger partial charge in [-0.05, 0) is 103 Å². The standard InChI is InChI=1S/C47H55N/c1-30-38(31-24-33(44(2,3)4)28-34(25-31)45(5,6)7)22-23-41-42(30)43-39(20-17-21-40(43)48(41)37-18-15-14-16-19-37)32-26-35(46(8,9)10)29-36(27-32)47(11,12)13/h14-29H,1-13H3. The van der Waals surface area contributed by atoms with Crippen LogP contribution in [0.15, 0.2) is 97.1 Å². The zero-order valence-electron chi connectivity index (χ0n) is 31.7. The lowest BCUT2D eigenvalue weighted by molar-refractivity contribution is 0.568. The molecule has 6 aromatic rings. The fourth-order valence-electron chi connectivity index (χ4n) is 7.03. The van der Waals surface area contributed by atoms with Gasteiger partial charge < -0.3 is 4.57 Å². The number of benzene rings is 5. The minimum absolute atomic E-state index is 0.0356. The van der Waals surface area contributed by atoms with E-state index in [-0.39, 0.29) is 21.7 Å². The second-order valence-electron chi connectivity index (χ2n) is 18.1. The van der Waals surface area contributed by atoms with E-state index in [1.807, 2.05) is 0 Å². The highest BCUT2D eigenvalue weighted by atomic mass is 15.0. The molecule has 0 N–H and O–H groups in total. The van der Waals surface area contributed by atoms with Crippen LogP contribution in [0.3, 0.4) is 0 Å². The van der Waals surface area contributed by atoms with Crippen molar-refractivity contribution in [3.63, 3.8) is 0 Å². The van der Waals surface area contributed by atoms with Crippen LogP contribution in [0.5, 0.6) is 0 Å². The molecule has 1 heteroatoms. The van der Waals surface area contributed by atoms with Crippen molar-refractivity contribution in [2.45, 2.75) is 112 Å². The molecule has 0 aliphatic carbocycles. The molecular formula is C47H55N.